The van der Waals surface area contributed by atoms with Crippen LogP contribution in [0.1, 0.15) is 38.3 Å². The zero-order valence-electron chi connectivity index (χ0n) is 21.2. The Hall–Kier alpha value is -4.08. The van der Waals surface area contributed by atoms with Crippen molar-refractivity contribution in [1.82, 2.24) is 10.2 Å². The first-order chi connectivity index (χ1) is 17.6. The molecule has 1 heterocycles. The van der Waals surface area contributed by atoms with E-state index in [1.807, 2.05) is 48.5 Å². The Bertz CT molecular complexity index is 1070. The summed E-state index contributed by atoms with van der Waals surface area (Å²) in [6, 6.07) is 17.4. The Morgan fingerprint density at radius 2 is 1.49 bits per heavy atom. The SMILES string of the molecule is CC(C)(C)OC(=O)N1C[C@H]([C@@H](COC(=O)OCc2ccccc2)NC(=O)OCc2ccccc2)CC1=O. The van der Waals surface area contributed by atoms with E-state index >= 15 is 0 Å². The third-order valence-electron chi connectivity index (χ3n) is 5.43. The van der Waals surface area contributed by atoms with Crippen LogP contribution in [0.25, 0.3) is 0 Å². The fraction of sp³-hybridized carbons (Fsp3) is 0.407. The van der Waals surface area contributed by atoms with Crippen LogP contribution in [0, 0.1) is 5.92 Å². The summed E-state index contributed by atoms with van der Waals surface area (Å²) in [6.45, 7) is 4.85. The van der Waals surface area contributed by atoms with Crippen LogP contribution in [0.3, 0.4) is 0 Å². The molecule has 1 aliphatic rings. The molecule has 0 saturated carbocycles. The van der Waals surface area contributed by atoms with Crippen molar-refractivity contribution >= 4 is 24.2 Å². The second-order valence-corrected chi connectivity index (χ2v) is 9.60. The van der Waals surface area contributed by atoms with Gasteiger partial charge in [0.15, 0.2) is 0 Å². The van der Waals surface area contributed by atoms with Gasteiger partial charge in [-0.3, -0.25) is 4.79 Å². The molecule has 2 aromatic rings. The summed E-state index contributed by atoms with van der Waals surface area (Å²) < 4.78 is 21.0. The number of hydrogen-bond donors (Lipinski definition) is 1. The monoisotopic (exact) mass is 512 g/mol. The van der Waals surface area contributed by atoms with Crippen molar-refractivity contribution in [1.29, 1.82) is 0 Å². The minimum Gasteiger partial charge on any atom is -0.445 e. The molecule has 2 atom stereocenters. The van der Waals surface area contributed by atoms with Crippen LogP contribution in [0.15, 0.2) is 60.7 Å². The minimum atomic E-state index is -0.929. The highest BCUT2D eigenvalue weighted by Crippen LogP contribution is 2.24. The Kier molecular flexibility index (Phi) is 9.48. The molecule has 1 saturated heterocycles. The summed E-state index contributed by atoms with van der Waals surface area (Å²) in [6.07, 6.45) is -2.50. The standard InChI is InChI=1S/C27H32N2O8/c1-27(2,3)37-25(32)29-15-21(14-23(29)30)22(28-24(31)34-16-19-10-6-4-7-11-19)18-36-26(33)35-17-20-12-8-5-9-13-20/h4-13,21-22H,14-18H2,1-3H3,(H,28,31)/t21-,22-/m1/s1. The Balaban J connectivity index is 1.61. The molecule has 198 valence electrons. The number of carbonyl (C=O) groups excluding carboxylic acids is 4. The van der Waals surface area contributed by atoms with E-state index in [0.29, 0.717) is 0 Å². The predicted octanol–water partition coefficient (Wildman–Crippen LogP) is 4.42. The van der Waals surface area contributed by atoms with E-state index in [1.165, 1.54) is 0 Å². The number of hydrogen-bond acceptors (Lipinski definition) is 8. The van der Waals surface area contributed by atoms with Gasteiger partial charge in [-0.25, -0.2) is 19.3 Å². The summed E-state index contributed by atoms with van der Waals surface area (Å²) in [7, 11) is 0. The maximum Gasteiger partial charge on any atom is 0.508 e. The van der Waals surface area contributed by atoms with Crippen LogP contribution < -0.4 is 5.32 Å². The van der Waals surface area contributed by atoms with Crippen molar-refractivity contribution in [3.8, 4) is 0 Å². The van der Waals surface area contributed by atoms with E-state index in [0.717, 1.165) is 16.0 Å². The van der Waals surface area contributed by atoms with E-state index in [9.17, 15) is 19.2 Å². The lowest BCUT2D eigenvalue weighted by atomic mass is 9.99. The van der Waals surface area contributed by atoms with Crippen LogP contribution >= 0.6 is 0 Å². The van der Waals surface area contributed by atoms with Gasteiger partial charge in [0.2, 0.25) is 5.91 Å². The number of nitrogens with zero attached hydrogens (tertiary/aromatic N) is 1. The molecule has 0 spiro atoms. The summed E-state index contributed by atoms with van der Waals surface area (Å²) in [5.74, 6) is -0.985. The van der Waals surface area contributed by atoms with Crippen molar-refractivity contribution in [3.63, 3.8) is 0 Å². The first-order valence-corrected chi connectivity index (χ1v) is 11.9. The topological polar surface area (TPSA) is 120 Å². The van der Waals surface area contributed by atoms with Crippen molar-refractivity contribution in [2.45, 2.75) is 52.0 Å². The molecular formula is C27H32N2O8. The summed E-state index contributed by atoms with van der Waals surface area (Å²) >= 11 is 0. The average molecular weight is 513 g/mol. The Morgan fingerprint density at radius 3 is 2.05 bits per heavy atom. The van der Waals surface area contributed by atoms with E-state index in [4.69, 9.17) is 18.9 Å². The molecule has 0 radical (unpaired) electrons. The van der Waals surface area contributed by atoms with Gasteiger partial charge in [0.05, 0.1) is 6.04 Å². The number of alkyl carbamates (subject to hydrolysis) is 1. The van der Waals surface area contributed by atoms with Gasteiger partial charge in [-0.15, -0.1) is 0 Å². The molecule has 1 N–H and O–H groups in total. The number of carbonyl (C=O) groups is 4. The van der Waals surface area contributed by atoms with Crippen LogP contribution in [-0.2, 0) is 37.0 Å². The molecule has 3 amide bonds. The molecule has 37 heavy (non-hydrogen) atoms. The average Bonchev–Trinajstić information content (AvgIpc) is 3.26. The molecule has 2 aromatic carbocycles. The second kappa shape index (κ2) is 12.8. The van der Waals surface area contributed by atoms with Gasteiger partial charge in [0, 0.05) is 18.9 Å². The van der Waals surface area contributed by atoms with E-state index in [-0.39, 0.29) is 32.8 Å². The van der Waals surface area contributed by atoms with Gasteiger partial charge in [0.1, 0.15) is 25.4 Å². The molecule has 10 heteroatoms. The second-order valence-electron chi connectivity index (χ2n) is 9.60. The molecular weight excluding hydrogens is 480 g/mol. The van der Waals surface area contributed by atoms with Crippen LogP contribution in [-0.4, -0.2) is 53.9 Å². The van der Waals surface area contributed by atoms with E-state index in [1.54, 1.807) is 32.9 Å². The van der Waals surface area contributed by atoms with Crippen molar-refractivity contribution in [3.05, 3.63) is 71.8 Å². The molecule has 0 unspecified atom stereocenters. The van der Waals surface area contributed by atoms with Gasteiger partial charge < -0.3 is 24.3 Å². The van der Waals surface area contributed by atoms with Gasteiger partial charge in [-0.05, 0) is 31.9 Å². The number of ether oxygens (including phenoxy) is 4. The molecule has 3 rings (SSSR count). The molecule has 0 aromatic heterocycles. The summed E-state index contributed by atoms with van der Waals surface area (Å²) in [4.78, 5) is 50.7. The Labute approximate surface area is 215 Å². The first-order valence-electron chi connectivity index (χ1n) is 11.9. The van der Waals surface area contributed by atoms with Gasteiger partial charge >= 0.3 is 18.3 Å². The fourth-order valence-electron chi connectivity index (χ4n) is 3.63. The minimum absolute atomic E-state index is 0.0141. The highest BCUT2D eigenvalue weighted by molar-refractivity contribution is 5.94. The summed E-state index contributed by atoms with van der Waals surface area (Å²) in [5.41, 5.74) is 0.801. The number of likely N-dealkylation sites (tertiary alicyclic amines) is 1. The smallest absolute Gasteiger partial charge is 0.445 e. The highest BCUT2D eigenvalue weighted by Gasteiger charge is 2.41. The molecule has 0 bridgehead atoms. The van der Waals surface area contributed by atoms with Crippen LogP contribution in [0.4, 0.5) is 14.4 Å². The Morgan fingerprint density at radius 1 is 0.919 bits per heavy atom. The number of benzene rings is 2. The third-order valence-corrected chi connectivity index (χ3v) is 5.43. The number of imide groups is 1. The third kappa shape index (κ3) is 9.14. The zero-order chi connectivity index (χ0) is 26.8. The number of nitrogens with one attached hydrogen (secondary N) is 1. The number of amides is 3. The van der Waals surface area contributed by atoms with E-state index in [2.05, 4.69) is 5.32 Å². The summed E-state index contributed by atoms with van der Waals surface area (Å²) in [5, 5.41) is 2.66. The molecule has 10 nitrogen and oxygen atoms in total. The first kappa shape index (κ1) is 27.5. The quantitative estimate of drug-likeness (QED) is 0.408. The zero-order valence-corrected chi connectivity index (χ0v) is 21.2. The largest absolute Gasteiger partial charge is 0.508 e. The van der Waals surface area contributed by atoms with Crippen LogP contribution in [0.2, 0.25) is 0 Å². The molecule has 1 aliphatic heterocycles. The number of rotatable bonds is 8. The lowest BCUT2D eigenvalue weighted by molar-refractivity contribution is -0.127. The predicted molar refractivity (Wildman–Crippen MR) is 132 cm³/mol. The maximum absolute atomic E-state index is 12.6. The van der Waals surface area contributed by atoms with Crippen molar-refractivity contribution in [2.24, 2.45) is 5.92 Å². The lowest BCUT2D eigenvalue weighted by Gasteiger charge is -2.25. The van der Waals surface area contributed by atoms with Crippen molar-refractivity contribution < 1.29 is 38.1 Å². The van der Waals surface area contributed by atoms with Gasteiger partial charge in [0.25, 0.3) is 0 Å². The van der Waals surface area contributed by atoms with Crippen molar-refractivity contribution in [2.75, 3.05) is 13.2 Å². The van der Waals surface area contributed by atoms with Gasteiger partial charge in [-0.1, -0.05) is 60.7 Å². The molecule has 0 aliphatic carbocycles. The lowest BCUT2D eigenvalue weighted by Crippen LogP contribution is -2.45. The fourth-order valence-corrected chi connectivity index (χ4v) is 3.63. The normalized spacial score (nSPS) is 16.0. The van der Waals surface area contributed by atoms with Gasteiger partial charge in [-0.2, -0.15) is 0 Å². The van der Waals surface area contributed by atoms with Crippen LogP contribution in [0.5, 0.6) is 0 Å². The van der Waals surface area contributed by atoms with E-state index < -0.39 is 41.8 Å². The molecule has 1 fully saturated rings. The highest BCUT2D eigenvalue weighted by atomic mass is 16.7. The maximum atomic E-state index is 12.6.